The minimum atomic E-state index is -0.0560. The first kappa shape index (κ1) is 20.5. The number of fused-ring (bicyclic) bond motifs is 9. The van der Waals surface area contributed by atoms with E-state index in [0.717, 1.165) is 0 Å². The second-order valence-corrected chi connectivity index (χ2v) is 12.3. The van der Waals surface area contributed by atoms with Gasteiger partial charge in [0.05, 0.1) is 21.8 Å². The Hall–Kier alpha value is -3.66. The molecule has 0 atom stereocenters. The average Bonchev–Trinajstić information content (AvgIpc) is 3.48. The van der Waals surface area contributed by atoms with Gasteiger partial charge in [0.1, 0.15) is 0 Å². The normalized spacial score (nSPS) is 14.6. The summed E-state index contributed by atoms with van der Waals surface area (Å²) in [6, 6.07) is 38.1. The monoisotopic (exact) mass is 497 g/mol. The summed E-state index contributed by atoms with van der Waals surface area (Å²) in [4.78, 5) is 2.50. The van der Waals surface area contributed by atoms with Crippen molar-refractivity contribution in [1.29, 1.82) is 0 Å². The second kappa shape index (κ2) is 7.19. The van der Waals surface area contributed by atoms with E-state index in [1.165, 1.54) is 68.5 Å². The highest BCUT2D eigenvalue weighted by Gasteiger charge is 2.37. The smallest absolute Gasteiger partial charge is 0.0640 e. The zero-order valence-corrected chi connectivity index (χ0v) is 21.7. The predicted octanol–water partition coefficient (Wildman–Crippen LogP) is 10.5. The Kier molecular flexibility index (Phi) is 4.10. The van der Waals surface area contributed by atoms with Gasteiger partial charge in [-0.15, -0.1) is 22.7 Å². The lowest BCUT2D eigenvalue weighted by atomic mass is 9.73. The van der Waals surface area contributed by atoms with Gasteiger partial charge in [-0.2, -0.15) is 0 Å². The van der Waals surface area contributed by atoms with Crippen LogP contribution >= 0.6 is 22.7 Å². The number of rotatable bonds is 1. The molecule has 5 aromatic carbocycles. The van der Waals surface area contributed by atoms with E-state index in [0.29, 0.717) is 0 Å². The molecule has 0 saturated carbocycles. The third-order valence-electron chi connectivity index (χ3n) is 7.86. The fourth-order valence-corrected chi connectivity index (χ4v) is 8.70. The minimum absolute atomic E-state index is 0.0560. The van der Waals surface area contributed by atoms with Crippen molar-refractivity contribution in [3.05, 3.63) is 114 Å². The summed E-state index contributed by atoms with van der Waals surface area (Å²) in [7, 11) is 0. The van der Waals surface area contributed by atoms with Crippen LogP contribution in [0.5, 0.6) is 0 Å². The van der Waals surface area contributed by atoms with Crippen molar-refractivity contribution < 1.29 is 0 Å². The maximum atomic E-state index is 2.50. The van der Waals surface area contributed by atoms with Gasteiger partial charge in [0, 0.05) is 41.1 Å². The Labute approximate surface area is 217 Å². The maximum Gasteiger partial charge on any atom is 0.0640 e. The molecule has 0 N–H and O–H groups in total. The molecular weight excluding hydrogens is 475 g/mol. The number of para-hydroxylation sites is 2. The fraction of sp³-hybridized carbons (Fsp3) is 0.0909. The molecule has 8 rings (SSSR count). The number of thiophene rings is 2. The number of hydrogen-bond acceptors (Lipinski definition) is 3. The van der Waals surface area contributed by atoms with E-state index in [1.54, 1.807) is 0 Å². The van der Waals surface area contributed by atoms with Gasteiger partial charge < -0.3 is 4.90 Å². The lowest BCUT2D eigenvalue weighted by molar-refractivity contribution is 0.632. The van der Waals surface area contributed by atoms with Crippen molar-refractivity contribution >= 4 is 80.1 Å². The molecule has 1 aliphatic heterocycles. The SMILES string of the molecule is CC1(C)c2ccccc2N(c2cccc3c2sc2c3ccc3sc4ccccc4c32)c2ccccc21. The Morgan fingerprint density at radius 3 is 1.89 bits per heavy atom. The molecular formula is C33H23NS2. The third kappa shape index (κ3) is 2.59. The molecule has 0 radical (unpaired) electrons. The molecule has 1 aliphatic rings. The lowest BCUT2D eigenvalue weighted by Gasteiger charge is -2.42. The zero-order chi connectivity index (χ0) is 24.0. The van der Waals surface area contributed by atoms with E-state index in [1.807, 2.05) is 22.7 Å². The number of hydrogen-bond donors (Lipinski definition) is 0. The molecule has 0 saturated heterocycles. The minimum Gasteiger partial charge on any atom is -0.308 e. The lowest BCUT2D eigenvalue weighted by Crippen LogP contribution is -2.30. The van der Waals surface area contributed by atoms with Crippen LogP contribution in [0, 0.1) is 0 Å². The van der Waals surface area contributed by atoms with Crippen LogP contribution in [0.4, 0.5) is 17.1 Å². The van der Waals surface area contributed by atoms with Crippen LogP contribution in [0.15, 0.2) is 103 Å². The Morgan fingerprint density at radius 1 is 0.500 bits per heavy atom. The molecule has 0 unspecified atom stereocenters. The first-order chi connectivity index (χ1) is 17.6. The molecule has 3 heterocycles. The molecule has 1 nitrogen and oxygen atoms in total. The molecule has 7 aromatic rings. The highest BCUT2D eigenvalue weighted by atomic mass is 32.1. The quantitative estimate of drug-likeness (QED) is 0.218. The first-order valence-electron chi connectivity index (χ1n) is 12.4. The average molecular weight is 498 g/mol. The van der Waals surface area contributed by atoms with Gasteiger partial charge >= 0.3 is 0 Å². The van der Waals surface area contributed by atoms with Gasteiger partial charge in [-0.3, -0.25) is 0 Å². The summed E-state index contributed by atoms with van der Waals surface area (Å²) < 4.78 is 5.47. The summed E-state index contributed by atoms with van der Waals surface area (Å²) in [5, 5.41) is 5.46. The van der Waals surface area contributed by atoms with Gasteiger partial charge in [-0.25, -0.2) is 0 Å². The van der Waals surface area contributed by atoms with Crippen molar-refractivity contribution in [2.75, 3.05) is 4.90 Å². The van der Waals surface area contributed by atoms with Gasteiger partial charge in [-0.05, 0) is 41.5 Å². The number of nitrogens with zero attached hydrogens (tertiary/aromatic N) is 1. The van der Waals surface area contributed by atoms with Crippen LogP contribution in [-0.2, 0) is 5.41 Å². The fourth-order valence-electron chi connectivity index (χ4n) is 6.15. The number of benzene rings is 5. The van der Waals surface area contributed by atoms with E-state index >= 15 is 0 Å². The second-order valence-electron chi connectivity index (χ2n) is 10.2. The van der Waals surface area contributed by atoms with E-state index in [2.05, 4.69) is 122 Å². The summed E-state index contributed by atoms with van der Waals surface area (Å²) in [6.45, 7) is 4.70. The predicted molar refractivity (Wildman–Crippen MR) is 159 cm³/mol. The highest BCUT2D eigenvalue weighted by Crippen LogP contribution is 2.54. The van der Waals surface area contributed by atoms with Crippen molar-refractivity contribution in [3.63, 3.8) is 0 Å². The molecule has 0 aliphatic carbocycles. The van der Waals surface area contributed by atoms with E-state index in [9.17, 15) is 0 Å². The zero-order valence-electron chi connectivity index (χ0n) is 20.1. The molecule has 3 heteroatoms. The maximum absolute atomic E-state index is 2.50. The topological polar surface area (TPSA) is 3.24 Å². The van der Waals surface area contributed by atoms with Crippen LogP contribution in [0.2, 0.25) is 0 Å². The summed E-state index contributed by atoms with van der Waals surface area (Å²) in [5.74, 6) is 0. The van der Waals surface area contributed by atoms with Crippen molar-refractivity contribution in [3.8, 4) is 0 Å². The summed E-state index contributed by atoms with van der Waals surface area (Å²) >= 11 is 3.84. The van der Waals surface area contributed by atoms with Crippen LogP contribution in [0.3, 0.4) is 0 Å². The van der Waals surface area contributed by atoms with Crippen molar-refractivity contribution in [2.24, 2.45) is 0 Å². The van der Waals surface area contributed by atoms with Crippen LogP contribution in [-0.4, -0.2) is 0 Å². The molecule has 36 heavy (non-hydrogen) atoms. The molecule has 2 aromatic heterocycles. The Morgan fingerprint density at radius 2 is 1.11 bits per heavy atom. The van der Waals surface area contributed by atoms with E-state index in [4.69, 9.17) is 0 Å². The van der Waals surface area contributed by atoms with Gasteiger partial charge in [0.2, 0.25) is 0 Å². The summed E-state index contributed by atoms with van der Waals surface area (Å²) in [5.41, 5.74) is 6.49. The van der Waals surface area contributed by atoms with E-state index < -0.39 is 0 Å². The molecule has 0 spiro atoms. The van der Waals surface area contributed by atoms with Crippen molar-refractivity contribution in [2.45, 2.75) is 19.3 Å². The van der Waals surface area contributed by atoms with Crippen LogP contribution in [0.25, 0.3) is 40.3 Å². The van der Waals surface area contributed by atoms with Gasteiger partial charge in [-0.1, -0.05) is 86.6 Å². The van der Waals surface area contributed by atoms with Crippen molar-refractivity contribution in [1.82, 2.24) is 0 Å². The number of anilines is 3. The van der Waals surface area contributed by atoms with Gasteiger partial charge in [0.25, 0.3) is 0 Å². The van der Waals surface area contributed by atoms with Crippen LogP contribution in [0.1, 0.15) is 25.0 Å². The first-order valence-corrected chi connectivity index (χ1v) is 14.0. The third-order valence-corrected chi connectivity index (χ3v) is 10.3. The molecule has 0 amide bonds. The largest absolute Gasteiger partial charge is 0.308 e. The molecule has 172 valence electrons. The molecule has 0 bridgehead atoms. The Balaban J connectivity index is 1.49. The standard InChI is InChI=1S/C33H23NS2/c1-33(2)23-12-4-6-14-25(23)34(26-15-7-5-13-24(26)33)27-16-9-11-20-21-18-19-29-30(32(21)36-31(20)27)22-10-3-8-17-28(22)35-29/h3-19H,1-2H3. The van der Waals surface area contributed by atoms with Crippen LogP contribution < -0.4 is 4.90 Å². The molecule has 0 fully saturated rings. The Bertz CT molecular complexity index is 1940. The highest BCUT2D eigenvalue weighted by molar-refractivity contribution is 7.30. The van der Waals surface area contributed by atoms with Gasteiger partial charge in [0.15, 0.2) is 0 Å². The summed E-state index contributed by atoms with van der Waals surface area (Å²) in [6.07, 6.45) is 0. The van der Waals surface area contributed by atoms with E-state index in [-0.39, 0.29) is 5.41 Å².